The Labute approximate surface area is 129 Å². The summed E-state index contributed by atoms with van der Waals surface area (Å²) in [6.07, 6.45) is 0.749. The lowest BCUT2D eigenvalue weighted by Gasteiger charge is -2.01. The zero-order valence-electron chi connectivity index (χ0n) is 12.1. The maximum absolute atomic E-state index is 12.0. The number of para-hydroxylation sites is 2. The van der Waals surface area contributed by atoms with Crippen LogP contribution < -0.4 is 10.6 Å². The number of rotatable bonds is 4. The van der Waals surface area contributed by atoms with Crippen LogP contribution in [-0.2, 0) is 16.1 Å². The Hall–Kier alpha value is -3.43. The fourth-order valence-corrected chi connectivity index (χ4v) is 1.92. The van der Waals surface area contributed by atoms with Crippen LogP contribution >= 0.6 is 0 Å². The van der Waals surface area contributed by atoms with Gasteiger partial charge in [-0.05, 0) is 12.1 Å². The number of imidazole rings is 1. The van der Waals surface area contributed by atoms with Gasteiger partial charge in [0, 0.05) is 0 Å². The van der Waals surface area contributed by atoms with E-state index in [0.29, 0.717) is 5.95 Å². The highest BCUT2D eigenvalue weighted by atomic mass is 16.5. The molecule has 0 aliphatic carbocycles. The van der Waals surface area contributed by atoms with Crippen molar-refractivity contribution < 1.29 is 14.3 Å². The lowest BCUT2D eigenvalue weighted by Crippen LogP contribution is -2.19. The first-order chi connectivity index (χ1) is 11.1. The normalized spacial score (nSPS) is 10.5. The molecule has 3 rings (SSSR count). The molecular weight excluding hydrogens is 302 g/mol. The third kappa shape index (κ3) is 3.43. The van der Waals surface area contributed by atoms with Gasteiger partial charge in [-0.1, -0.05) is 17.3 Å². The van der Waals surface area contributed by atoms with Crippen molar-refractivity contribution in [3.63, 3.8) is 0 Å². The second-order valence-electron chi connectivity index (χ2n) is 4.57. The van der Waals surface area contributed by atoms with Crippen LogP contribution in [0.25, 0.3) is 11.0 Å². The molecule has 0 bridgehead atoms. The van der Waals surface area contributed by atoms with Gasteiger partial charge < -0.3 is 9.72 Å². The number of fused-ring (bicyclic) bond motifs is 1. The van der Waals surface area contributed by atoms with E-state index in [4.69, 9.17) is 0 Å². The van der Waals surface area contributed by atoms with Crippen molar-refractivity contribution in [2.24, 2.45) is 0 Å². The minimum atomic E-state index is -0.663. The standard InChI is InChI=1S/C13H13N7O3/c1-23-13(22)16-10-6-20(19-18-10)7-11(21)17-12-14-8-4-2-3-5-9(8)15-12/h2-6H,7H2,1H3,(H,16,22)(H2,14,15,17,21). The quantitative estimate of drug-likeness (QED) is 0.658. The summed E-state index contributed by atoms with van der Waals surface area (Å²) in [5.41, 5.74) is 1.58. The largest absolute Gasteiger partial charge is 0.453 e. The Morgan fingerprint density at radius 2 is 2.13 bits per heavy atom. The lowest BCUT2D eigenvalue weighted by molar-refractivity contribution is -0.117. The van der Waals surface area contributed by atoms with Crippen molar-refractivity contribution in [3.8, 4) is 0 Å². The van der Waals surface area contributed by atoms with Crippen LogP contribution in [0.1, 0.15) is 0 Å². The fourth-order valence-electron chi connectivity index (χ4n) is 1.92. The van der Waals surface area contributed by atoms with Gasteiger partial charge in [0.25, 0.3) is 0 Å². The molecule has 3 N–H and O–H groups in total. The predicted molar refractivity (Wildman–Crippen MR) is 80.8 cm³/mol. The molecule has 0 spiro atoms. The predicted octanol–water partition coefficient (Wildman–Crippen LogP) is 0.971. The van der Waals surface area contributed by atoms with Crippen molar-refractivity contribution in [3.05, 3.63) is 30.5 Å². The molecule has 2 aromatic heterocycles. The zero-order valence-corrected chi connectivity index (χ0v) is 12.1. The van der Waals surface area contributed by atoms with E-state index in [2.05, 4.69) is 35.7 Å². The number of nitrogens with zero attached hydrogens (tertiary/aromatic N) is 4. The van der Waals surface area contributed by atoms with Crippen molar-refractivity contribution >= 4 is 34.8 Å². The van der Waals surface area contributed by atoms with E-state index in [0.717, 1.165) is 11.0 Å². The number of carbonyl (C=O) groups is 2. The van der Waals surface area contributed by atoms with Crippen LogP contribution in [-0.4, -0.2) is 44.1 Å². The number of hydrogen-bond acceptors (Lipinski definition) is 6. The summed E-state index contributed by atoms with van der Waals surface area (Å²) in [7, 11) is 1.24. The van der Waals surface area contributed by atoms with Crippen LogP contribution in [0.2, 0.25) is 0 Å². The number of aromatic nitrogens is 5. The minimum Gasteiger partial charge on any atom is -0.453 e. The monoisotopic (exact) mass is 315 g/mol. The Balaban J connectivity index is 1.61. The van der Waals surface area contributed by atoms with Crippen molar-refractivity contribution in [2.75, 3.05) is 17.7 Å². The molecule has 0 saturated heterocycles. The third-order valence-electron chi connectivity index (χ3n) is 2.91. The third-order valence-corrected chi connectivity index (χ3v) is 2.91. The fraction of sp³-hybridized carbons (Fsp3) is 0.154. The lowest BCUT2D eigenvalue weighted by atomic mass is 10.3. The summed E-state index contributed by atoms with van der Waals surface area (Å²) >= 11 is 0. The maximum atomic E-state index is 12.0. The molecule has 0 saturated carbocycles. The summed E-state index contributed by atoms with van der Waals surface area (Å²) in [4.78, 5) is 30.2. The molecule has 1 aromatic carbocycles. The molecular formula is C13H13N7O3. The Bertz CT molecular complexity index is 821. The number of amides is 2. The van der Waals surface area contributed by atoms with Crippen LogP contribution in [0.3, 0.4) is 0 Å². The number of benzene rings is 1. The molecule has 0 aliphatic heterocycles. The minimum absolute atomic E-state index is 0.0765. The molecule has 0 aliphatic rings. The van der Waals surface area contributed by atoms with Crippen molar-refractivity contribution in [1.82, 2.24) is 25.0 Å². The van der Waals surface area contributed by atoms with E-state index >= 15 is 0 Å². The van der Waals surface area contributed by atoms with Gasteiger partial charge in [-0.25, -0.2) is 14.5 Å². The first-order valence-corrected chi connectivity index (χ1v) is 6.64. The maximum Gasteiger partial charge on any atom is 0.412 e. The van der Waals surface area contributed by atoms with Crippen LogP contribution in [0, 0.1) is 0 Å². The Morgan fingerprint density at radius 3 is 2.91 bits per heavy atom. The van der Waals surface area contributed by atoms with Gasteiger partial charge >= 0.3 is 6.09 Å². The molecule has 10 heteroatoms. The van der Waals surface area contributed by atoms with Gasteiger partial charge in [0.2, 0.25) is 11.9 Å². The molecule has 118 valence electrons. The van der Waals surface area contributed by atoms with Crippen molar-refractivity contribution in [2.45, 2.75) is 6.54 Å². The molecule has 2 heterocycles. The summed E-state index contributed by atoms with van der Waals surface area (Å²) < 4.78 is 5.71. The number of ether oxygens (including phenoxy) is 1. The molecule has 0 atom stereocenters. The number of aromatic amines is 1. The van der Waals surface area contributed by atoms with E-state index in [1.165, 1.54) is 18.0 Å². The summed E-state index contributed by atoms with van der Waals surface area (Å²) in [5.74, 6) is 0.205. The molecule has 0 fully saturated rings. The summed E-state index contributed by atoms with van der Waals surface area (Å²) in [5, 5.41) is 12.4. The summed E-state index contributed by atoms with van der Waals surface area (Å²) in [6, 6.07) is 7.43. The molecule has 3 aromatic rings. The van der Waals surface area contributed by atoms with Gasteiger partial charge in [0.15, 0.2) is 5.82 Å². The Morgan fingerprint density at radius 1 is 1.30 bits per heavy atom. The topological polar surface area (TPSA) is 127 Å². The average molecular weight is 315 g/mol. The van der Waals surface area contributed by atoms with E-state index in [9.17, 15) is 9.59 Å². The van der Waals surface area contributed by atoms with Gasteiger partial charge in [0.1, 0.15) is 6.54 Å². The first kappa shape index (κ1) is 14.5. The number of methoxy groups -OCH3 is 1. The molecule has 0 radical (unpaired) electrons. The number of H-pyrrole nitrogens is 1. The van der Waals surface area contributed by atoms with Gasteiger partial charge in [-0.3, -0.25) is 15.4 Å². The highest BCUT2D eigenvalue weighted by Gasteiger charge is 2.10. The highest BCUT2D eigenvalue weighted by molar-refractivity contribution is 5.91. The van der Waals surface area contributed by atoms with E-state index in [1.807, 2.05) is 24.3 Å². The Kier molecular flexibility index (Phi) is 3.87. The number of carbonyl (C=O) groups excluding carboxylic acids is 2. The zero-order chi connectivity index (χ0) is 16.2. The average Bonchev–Trinajstić information content (AvgIpc) is 3.12. The molecule has 23 heavy (non-hydrogen) atoms. The summed E-state index contributed by atoms with van der Waals surface area (Å²) in [6.45, 7) is -0.0765. The second-order valence-corrected chi connectivity index (χ2v) is 4.57. The highest BCUT2D eigenvalue weighted by Crippen LogP contribution is 2.13. The number of anilines is 2. The smallest absolute Gasteiger partial charge is 0.412 e. The molecule has 0 unspecified atom stereocenters. The van der Waals surface area contributed by atoms with Crippen LogP contribution in [0.15, 0.2) is 30.5 Å². The molecule has 2 amide bonds. The van der Waals surface area contributed by atoms with Gasteiger partial charge in [0.05, 0.1) is 24.3 Å². The second kappa shape index (κ2) is 6.13. The van der Waals surface area contributed by atoms with Gasteiger partial charge in [-0.2, -0.15) is 0 Å². The number of hydrogen-bond donors (Lipinski definition) is 3. The van der Waals surface area contributed by atoms with Crippen LogP contribution in [0.5, 0.6) is 0 Å². The number of nitrogens with one attached hydrogen (secondary N) is 3. The SMILES string of the molecule is COC(=O)Nc1cn(CC(=O)Nc2nc3ccccc3[nH]2)nn1. The molecule has 10 nitrogen and oxygen atoms in total. The van der Waals surface area contributed by atoms with E-state index in [1.54, 1.807) is 0 Å². The van der Waals surface area contributed by atoms with Crippen molar-refractivity contribution in [1.29, 1.82) is 0 Å². The van der Waals surface area contributed by atoms with Gasteiger partial charge in [-0.15, -0.1) is 5.10 Å². The van der Waals surface area contributed by atoms with E-state index in [-0.39, 0.29) is 18.3 Å². The van der Waals surface area contributed by atoms with E-state index < -0.39 is 6.09 Å². The van der Waals surface area contributed by atoms with Crippen LogP contribution in [0.4, 0.5) is 16.6 Å². The first-order valence-electron chi connectivity index (χ1n) is 6.64.